The molecule has 1 aliphatic rings. The maximum Gasteiger partial charge on any atom is 0.255 e. The van der Waals surface area contributed by atoms with E-state index >= 15 is 0 Å². The Morgan fingerprint density at radius 1 is 1.37 bits per heavy atom. The van der Waals surface area contributed by atoms with Gasteiger partial charge in [0.05, 0.1) is 11.7 Å². The van der Waals surface area contributed by atoms with E-state index < -0.39 is 0 Å². The topological polar surface area (TPSA) is 78.0 Å². The van der Waals surface area contributed by atoms with Gasteiger partial charge in [0.1, 0.15) is 5.82 Å². The minimum Gasteiger partial charge on any atom is -0.392 e. The Morgan fingerprint density at radius 3 is 2.68 bits per heavy atom. The second kappa shape index (κ2) is 5.84. The summed E-state index contributed by atoms with van der Waals surface area (Å²) in [5.41, 5.74) is 1.34. The number of aryl methyl sites for hydroxylation is 2. The van der Waals surface area contributed by atoms with Crippen LogP contribution < -0.4 is 10.9 Å². The van der Waals surface area contributed by atoms with Crippen LogP contribution in [0.15, 0.2) is 4.79 Å². The van der Waals surface area contributed by atoms with Crippen LogP contribution in [0.5, 0.6) is 0 Å². The molecule has 1 heterocycles. The third-order valence-corrected chi connectivity index (χ3v) is 3.89. The van der Waals surface area contributed by atoms with Gasteiger partial charge in [0.15, 0.2) is 0 Å². The van der Waals surface area contributed by atoms with E-state index in [-0.39, 0.29) is 23.7 Å². The average molecular weight is 265 g/mol. The number of H-pyrrole nitrogens is 1. The maximum absolute atomic E-state index is 12.0. The van der Waals surface area contributed by atoms with Gasteiger partial charge in [-0.3, -0.25) is 4.79 Å². The van der Waals surface area contributed by atoms with Gasteiger partial charge in [-0.25, -0.2) is 4.98 Å². The molecule has 3 unspecified atom stereocenters. The number of aliphatic hydroxyl groups is 1. The Hall–Kier alpha value is -1.20. The van der Waals surface area contributed by atoms with Crippen LogP contribution >= 0.6 is 0 Å². The van der Waals surface area contributed by atoms with Gasteiger partial charge >= 0.3 is 0 Å². The van der Waals surface area contributed by atoms with Gasteiger partial charge in [-0.2, -0.15) is 0 Å². The van der Waals surface area contributed by atoms with Gasteiger partial charge < -0.3 is 15.4 Å². The minimum absolute atomic E-state index is 0.0730. The Bertz CT molecular complexity index is 498. The molecule has 3 N–H and O–H groups in total. The van der Waals surface area contributed by atoms with Crippen molar-refractivity contribution in [1.82, 2.24) is 15.3 Å². The zero-order valence-corrected chi connectivity index (χ0v) is 11.9. The Labute approximate surface area is 113 Å². The molecule has 1 aromatic heterocycles. The lowest BCUT2D eigenvalue weighted by molar-refractivity contribution is 0.0858. The first-order valence-corrected chi connectivity index (χ1v) is 7.00. The molecule has 0 amide bonds. The zero-order chi connectivity index (χ0) is 14.0. The molecule has 2 rings (SSSR count). The van der Waals surface area contributed by atoms with Crippen LogP contribution in [0.2, 0.25) is 0 Å². The molecular weight excluding hydrogens is 242 g/mol. The van der Waals surface area contributed by atoms with Crippen LogP contribution in [-0.2, 0) is 0 Å². The number of aromatic amines is 1. The lowest BCUT2D eigenvalue weighted by Crippen LogP contribution is -2.44. The van der Waals surface area contributed by atoms with Gasteiger partial charge in [0.25, 0.3) is 5.56 Å². The SMILES string of the molecule is Cc1nc(C)c(C(C)NC2CCCCC2O)c(=O)[nH]1. The van der Waals surface area contributed by atoms with Crippen molar-refractivity contribution in [2.75, 3.05) is 0 Å². The van der Waals surface area contributed by atoms with Crippen molar-refractivity contribution in [3.63, 3.8) is 0 Å². The highest BCUT2D eigenvalue weighted by Crippen LogP contribution is 2.21. The normalized spacial score (nSPS) is 25.3. The molecule has 1 aliphatic carbocycles. The van der Waals surface area contributed by atoms with Crippen LogP contribution in [0.3, 0.4) is 0 Å². The Kier molecular flexibility index (Phi) is 4.37. The predicted octanol–water partition coefficient (Wildman–Crippen LogP) is 1.34. The second-order valence-corrected chi connectivity index (χ2v) is 5.50. The van der Waals surface area contributed by atoms with Gasteiger partial charge in [0, 0.05) is 17.8 Å². The molecule has 5 heteroatoms. The molecule has 3 atom stereocenters. The fourth-order valence-electron chi connectivity index (χ4n) is 2.96. The van der Waals surface area contributed by atoms with Gasteiger partial charge in [-0.1, -0.05) is 12.8 Å². The molecule has 0 radical (unpaired) electrons. The van der Waals surface area contributed by atoms with Crippen LogP contribution in [0, 0.1) is 13.8 Å². The van der Waals surface area contributed by atoms with Crippen LogP contribution in [-0.4, -0.2) is 27.2 Å². The molecular formula is C14H23N3O2. The monoisotopic (exact) mass is 265 g/mol. The van der Waals surface area contributed by atoms with Crippen LogP contribution in [0.1, 0.15) is 55.7 Å². The molecule has 0 aromatic carbocycles. The summed E-state index contributed by atoms with van der Waals surface area (Å²) in [6, 6.07) is -0.0292. The van der Waals surface area contributed by atoms with Gasteiger partial charge in [0.2, 0.25) is 0 Å². The van der Waals surface area contributed by atoms with Crippen molar-refractivity contribution in [2.45, 2.75) is 64.6 Å². The first-order valence-electron chi connectivity index (χ1n) is 7.00. The molecule has 5 nitrogen and oxygen atoms in total. The number of nitrogens with one attached hydrogen (secondary N) is 2. The van der Waals surface area contributed by atoms with E-state index in [1.807, 2.05) is 13.8 Å². The summed E-state index contributed by atoms with van der Waals surface area (Å²) in [6.07, 6.45) is 3.70. The lowest BCUT2D eigenvalue weighted by Gasteiger charge is -2.31. The number of hydrogen-bond donors (Lipinski definition) is 3. The highest BCUT2D eigenvalue weighted by Gasteiger charge is 2.26. The van der Waals surface area contributed by atoms with Crippen molar-refractivity contribution in [3.05, 3.63) is 27.4 Å². The molecule has 0 spiro atoms. The highest BCUT2D eigenvalue weighted by molar-refractivity contribution is 5.20. The molecule has 1 saturated carbocycles. The third kappa shape index (κ3) is 3.22. The average Bonchev–Trinajstić information content (AvgIpc) is 2.30. The fraction of sp³-hybridized carbons (Fsp3) is 0.714. The molecule has 106 valence electrons. The number of aliphatic hydroxyl groups excluding tert-OH is 1. The van der Waals surface area contributed by atoms with E-state index in [1.165, 1.54) is 0 Å². The second-order valence-electron chi connectivity index (χ2n) is 5.50. The molecule has 1 aromatic rings. The predicted molar refractivity (Wildman–Crippen MR) is 74.1 cm³/mol. The number of nitrogens with zero attached hydrogens (tertiary/aromatic N) is 1. The van der Waals surface area contributed by atoms with Crippen LogP contribution in [0.4, 0.5) is 0 Å². The zero-order valence-electron chi connectivity index (χ0n) is 11.9. The van der Waals surface area contributed by atoms with E-state index in [4.69, 9.17) is 0 Å². The van der Waals surface area contributed by atoms with Crippen molar-refractivity contribution >= 4 is 0 Å². The first kappa shape index (κ1) is 14.2. The molecule has 0 aliphatic heterocycles. The summed E-state index contributed by atoms with van der Waals surface area (Å²) in [7, 11) is 0. The summed E-state index contributed by atoms with van der Waals surface area (Å²) in [5, 5.41) is 13.4. The maximum atomic E-state index is 12.0. The Balaban J connectivity index is 2.16. The van der Waals surface area contributed by atoms with E-state index in [1.54, 1.807) is 6.92 Å². The molecule has 1 fully saturated rings. The summed E-state index contributed by atoms with van der Waals surface area (Å²) in [4.78, 5) is 19.1. The van der Waals surface area contributed by atoms with E-state index in [2.05, 4.69) is 15.3 Å². The quantitative estimate of drug-likeness (QED) is 0.770. The molecule has 0 saturated heterocycles. The summed E-state index contributed by atoms with van der Waals surface area (Å²) in [6.45, 7) is 5.59. The van der Waals surface area contributed by atoms with Crippen molar-refractivity contribution < 1.29 is 5.11 Å². The number of hydrogen-bond acceptors (Lipinski definition) is 4. The standard InChI is InChI=1S/C14H23N3O2/c1-8-13(14(19)17-10(3)15-8)9(2)16-11-6-4-5-7-12(11)18/h9,11-12,16,18H,4-7H2,1-3H3,(H,15,17,19). The van der Waals surface area contributed by atoms with E-state index in [9.17, 15) is 9.90 Å². The number of rotatable bonds is 3. The van der Waals surface area contributed by atoms with Crippen molar-refractivity contribution in [3.8, 4) is 0 Å². The summed E-state index contributed by atoms with van der Waals surface area (Å²) < 4.78 is 0. The summed E-state index contributed by atoms with van der Waals surface area (Å²) in [5.74, 6) is 0.635. The van der Waals surface area contributed by atoms with Crippen LogP contribution in [0.25, 0.3) is 0 Å². The largest absolute Gasteiger partial charge is 0.392 e. The molecule has 0 bridgehead atoms. The summed E-state index contributed by atoms with van der Waals surface area (Å²) >= 11 is 0. The number of aromatic nitrogens is 2. The van der Waals surface area contributed by atoms with Gasteiger partial charge in [-0.15, -0.1) is 0 Å². The van der Waals surface area contributed by atoms with E-state index in [0.717, 1.165) is 31.4 Å². The van der Waals surface area contributed by atoms with E-state index in [0.29, 0.717) is 11.4 Å². The Morgan fingerprint density at radius 2 is 2.05 bits per heavy atom. The fourth-order valence-corrected chi connectivity index (χ4v) is 2.96. The first-order chi connectivity index (χ1) is 8.99. The molecule has 19 heavy (non-hydrogen) atoms. The minimum atomic E-state index is -0.311. The lowest BCUT2D eigenvalue weighted by atomic mass is 9.91. The van der Waals surface area contributed by atoms with Crippen molar-refractivity contribution in [2.24, 2.45) is 0 Å². The smallest absolute Gasteiger partial charge is 0.255 e. The third-order valence-electron chi connectivity index (χ3n) is 3.89. The van der Waals surface area contributed by atoms with Crippen molar-refractivity contribution in [1.29, 1.82) is 0 Å². The highest BCUT2D eigenvalue weighted by atomic mass is 16.3. The van der Waals surface area contributed by atoms with Gasteiger partial charge in [-0.05, 0) is 33.6 Å².